The highest BCUT2D eigenvalue weighted by molar-refractivity contribution is 5.37. The first-order chi connectivity index (χ1) is 12.5. The van der Waals surface area contributed by atoms with Gasteiger partial charge >= 0.3 is 0 Å². The van der Waals surface area contributed by atoms with Crippen LogP contribution < -0.4 is 0 Å². The quantitative estimate of drug-likeness (QED) is 0.852. The van der Waals surface area contributed by atoms with Crippen molar-refractivity contribution in [3.63, 3.8) is 0 Å². The summed E-state index contributed by atoms with van der Waals surface area (Å²) in [6, 6.07) is 16.2. The molecule has 1 heterocycles. The molecule has 0 saturated carbocycles. The Morgan fingerprint density at radius 1 is 1.12 bits per heavy atom. The molecule has 2 aromatic carbocycles. The summed E-state index contributed by atoms with van der Waals surface area (Å²) in [5.74, 6) is -0.551. The minimum absolute atomic E-state index is 0.0365. The molecule has 2 aromatic rings. The molecule has 1 saturated heterocycles. The summed E-state index contributed by atoms with van der Waals surface area (Å²) in [6.07, 6.45) is -0.102. The molecular weight excluding hydrogens is 328 g/mol. The van der Waals surface area contributed by atoms with Gasteiger partial charge in [-0.25, -0.2) is 0 Å². The topological polar surface area (TPSA) is 47.9 Å². The molecule has 4 nitrogen and oxygen atoms in total. The summed E-state index contributed by atoms with van der Waals surface area (Å²) in [4.78, 5) is 0. The van der Waals surface area contributed by atoms with Crippen LogP contribution in [0.5, 0.6) is 0 Å². The van der Waals surface area contributed by atoms with Gasteiger partial charge in [0.05, 0.1) is 32.5 Å². The number of hydrogen-bond acceptors (Lipinski definition) is 4. The number of rotatable bonds is 6. The van der Waals surface area contributed by atoms with E-state index in [0.29, 0.717) is 19.8 Å². The number of hydrogen-bond donors (Lipinski definition) is 1. The van der Waals surface area contributed by atoms with E-state index in [0.717, 1.165) is 22.3 Å². The van der Waals surface area contributed by atoms with Gasteiger partial charge in [-0.2, -0.15) is 0 Å². The van der Waals surface area contributed by atoms with Gasteiger partial charge in [0.15, 0.2) is 5.79 Å². The summed E-state index contributed by atoms with van der Waals surface area (Å²) in [6.45, 7) is 7.58. The molecule has 1 N–H and O–H groups in total. The third-order valence-corrected chi connectivity index (χ3v) is 4.95. The summed E-state index contributed by atoms with van der Waals surface area (Å²) in [5, 5.41) is 9.57. The molecule has 0 bridgehead atoms. The van der Waals surface area contributed by atoms with Crippen LogP contribution in [0.25, 0.3) is 0 Å². The molecule has 0 aliphatic carbocycles. The highest BCUT2D eigenvalue weighted by Gasteiger charge is 2.38. The Morgan fingerprint density at radius 2 is 1.88 bits per heavy atom. The van der Waals surface area contributed by atoms with Gasteiger partial charge in [0.1, 0.15) is 0 Å². The zero-order chi connectivity index (χ0) is 18.6. The fourth-order valence-electron chi connectivity index (χ4n) is 3.46. The van der Waals surface area contributed by atoms with E-state index >= 15 is 0 Å². The van der Waals surface area contributed by atoms with E-state index in [1.807, 2.05) is 51.1 Å². The molecule has 0 radical (unpaired) electrons. The Morgan fingerprint density at radius 3 is 2.62 bits per heavy atom. The smallest absolute Gasteiger partial charge is 0.163 e. The van der Waals surface area contributed by atoms with E-state index < -0.39 is 5.79 Å². The van der Waals surface area contributed by atoms with Gasteiger partial charge < -0.3 is 19.3 Å². The average molecular weight is 356 g/mol. The molecule has 140 valence electrons. The zero-order valence-corrected chi connectivity index (χ0v) is 15.8. The molecule has 4 heteroatoms. The third kappa shape index (κ3) is 4.51. The number of ether oxygens (including phenoxy) is 3. The van der Waals surface area contributed by atoms with Crippen molar-refractivity contribution >= 4 is 0 Å². The lowest BCUT2D eigenvalue weighted by Gasteiger charge is -2.41. The molecule has 1 fully saturated rings. The van der Waals surface area contributed by atoms with Gasteiger partial charge in [-0.3, -0.25) is 0 Å². The van der Waals surface area contributed by atoms with Crippen LogP contribution in [0, 0.1) is 6.92 Å². The van der Waals surface area contributed by atoms with Gasteiger partial charge in [0, 0.05) is 5.92 Å². The summed E-state index contributed by atoms with van der Waals surface area (Å²) >= 11 is 0. The Labute approximate surface area is 155 Å². The van der Waals surface area contributed by atoms with Crippen molar-refractivity contribution in [3.05, 3.63) is 70.8 Å². The van der Waals surface area contributed by atoms with Crippen molar-refractivity contribution in [1.29, 1.82) is 0 Å². The molecular formula is C22H28O4. The van der Waals surface area contributed by atoms with Gasteiger partial charge in [-0.1, -0.05) is 48.5 Å². The van der Waals surface area contributed by atoms with Gasteiger partial charge in [-0.15, -0.1) is 0 Å². The van der Waals surface area contributed by atoms with Crippen LogP contribution >= 0.6 is 0 Å². The lowest BCUT2D eigenvalue weighted by atomic mass is 9.88. The van der Waals surface area contributed by atoms with E-state index in [-0.39, 0.29) is 18.6 Å². The highest BCUT2D eigenvalue weighted by atomic mass is 16.7. The minimum Gasteiger partial charge on any atom is -0.392 e. The minimum atomic E-state index is -0.625. The maximum Gasteiger partial charge on any atom is 0.163 e. The highest BCUT2D eigenvalue weighted by Crippen LogP contribution is 2.35. The summed E-state index contributed by atoms with van der Waals surface area (Å²) < 4.78 is 18.1. The van der Waals surface area contributed by atoms with Gasteiger partial charge in [-0.05, 0) is 43.0 Å². The van der Waals surface area contributed by atoms with Crippen LogP contribution in [0.2, 0.25) is 0 Å². The molecule has 2 unspecified atom stereocenters. The van der Waals surface area contributed by atoms with Crippen molar-refractivity contribution in [2.75, 3.05) is 13.2 Å². The Bertz CT molecular complexity index is 711. The van der Waals surface area contributed by atoms with Crippen molar-refractivity contribution < 1.29 is 19.3 Å². The number of aliphatic hydroxyl groups is 1. The Hall–Kier alpha value is -1.72. The number of benzene rings is 2. The van der Waals surface area contributed by atoms with Crippen LogP contribution in [-0.2, 0) is 27.4 Å². The third-order valence-electron chi connectivity index (χ3n) is 4.95. The van der Waals surface area contributed by atoms with Crippen LogP contribution in [0.1, 0.15) is 42.0 Å². The molecule has 1 aliphatic rings. The fraction of sp³-hybridized carbons (Fsp3) is 0.455. The second kappa shape index (κ2) is 8.31. The Balaban J connectivity index is 1.74. The maximum atomic E-state index is 9.57. The van der Waals surface area contributed by atoms with E-state index in [1.54, 1.807) is 0 Å². The first-order valence-electron chi connectivity index (χ1n) is 9.13. The summed E-state index contributed by atoms with van der Waals surface area (Å²) in [5.41, 5.74) is 4.34. The predicted octanol–water partition coefficient (Wildman–Crippen LogP) is 3.94. The first kappa shape index (κ1) is 19.1. The van der Waals surface area contributed by atoms with Gasteiger partial charge in [0.25, 0.3) is 0 Å². The molecule has 0 spiro atoms. The normalized spacial score (nSPS) is 22.3. The zero-order valence-electron chi connectivity index (χ0n) is 15.8. The van der Waals surface area contributed by atoms with E-state index in [1.165, 1.54) is 0 Å². The monoisotopic (exact) mass is 356 g/mol. The summed E-state index contributed by atoms with van der Waals surface area (Å²) in [7, 11) is 0. The van der Waals surface area contributed by atoms with Crippen molar-refractivity contribution in [2.45, 2.75) is 51.8 Å². The molecule has 1 aliphatic heterocycles. The molecule has 0 amide bonds. The van der Waals surface area contributed by atoms with Crippen molar-refractivity contribution in [3.8, 4) is 0 Å². The van der Waals surface area contributed by atoms with E-state index in [9.17, 15) is 5.11 Å². The van der Waals surface area contributed by atoms with Gasteiger partial charge in [0.2, 0.25) is 0 Å². The van der Waals surface area contributed by atoms with Crippen molar-refractivity contribution in [2.24, 2.45) is 0 Å². The lowest BCUT2D eigenvalue weighted by molar-refractivity contribution is -0.288. The standard InChI is InChI=1S/C22H28O4/c1-16-18(12-23)10-7-11-19(16)20-14-25-22(2,3)26-21(20)15-24-13-17-8-5-4-6-9-17/h4-11,20-21,23H,12-15H2,1-3H3. The van der Waals surface area contributed by atoms with Crippen LogP contribution in [-0.4, -0.2) is 30.2 Å². The molecule has 0 aromatic heterocycles. The average Bonchev–Trinajstić information content (AvgIpc) is 2.63. The molecule has 2 atom stereocenters. The Kier molecular flexibility index (Phi) is 6.09. The fourth-order valence-corrected chi connectivity index (χ4v) is 3.46. The maximum absolute atomic E-state index is 9.57. The number of aliphatic hydroxyl groups excluding tert-OH is 1. The molecule has 3 rings (SSSR count). The van der Waals surface area contributed by atoms with Crippen LogP contribution in [0.4, 0.5) is 0 Å². The largest absolute Gasteiger partial charge is 0.392 e. The van der Waals surface area contributed by atoms with Crippen LogP contribution in [0.3, 0.4) is 0 Å². The van der Waals surface area contributed by atoms with Crippen molar-refractivity contribution in [1.82, 2.24) is 0 Å². The predicted molar refractivity (Wildman–Crippen MR) is 101 cm³/mol. The second-order valence-corrected chi connectivity index (χ2v) is 7.26. The van der Waals surface area contributed by atoms with E-state index in [4.69, 9.17) is 14.2 Å². The first-order valence-corrected chi connectivity index (χ1v) is 9.13. The van der Waals surface area contributed by atoms with E-state index in [2.05, 4.69) is 18.2 Å². The van der Waals surface area contributed by atoms with Crippen LogP contribution in [0.15, 0.2) is 48.5 Å². The SMILES string of the molecule is Cc1c(CO)cccc1C1COC(C)(C)OC1COCc1ccccc1. The molecule has 26 heavy (non-hydrogen) atoms. The lowest BCUT2D eigenvalue weighted by Crippen LogP contribution is -2.46. The second-order valence-electron chi connectivity index (χ2n) is 7.26.